The molecule has 0 spiro atoms. The van der Waals surface area contributed by atoms with E-state index in [0.29, 0.717) is 11.7 Å². The van der Waals surface area contributed by atoms with Crippen LogP contribution in [0.4, 0.5) is 0 Å². The van der Waals surface area contributed by atoms with Gasteiger partial charge in [-0.1, -0.05) is 32.1 Å². The fourth-order valence-electron chi connectivity index (χ4n) is 4.20. The van der Waals surface area contributed by atoms with E-state index >= 15 is 0 Å². The monoisotopic (exact) mass is 336 g/mol. The van der Waals surface area contributed by atoms with Crippen molar-refractivity contribution in [1.29, 1.82) is 0 Å². The Morgan fingerprint density at radius 3 is 1.83 bits per heavy atom. The van der Waals surface area contributed by atoms with E-state index in [1.807, 2.05) is 0 Å². The lowest BCUT2D eigenvalue weighted by atomic mass is 9.76. The SMILES string of the molecule is CN(C)C(=O)[C@@H]1OB([C@H]2C[C@H]2C2CCCCC2)O[C@H]1C(=O)N(C)C. The molecular formula is C17H29BN2O4. The molecular weight excluding hydrogens is 307 g/mol. The first kappa shape index (κ1) is 17.7. The van der Waals surface area contributed by atoms with Gasteiger partial charge in [-0.15, -0.1) is 0 Å². The Morgan fingerprint density at radius 1 is 0.875 bits per heavy atom. The van der Waals surface area contributed by atoms with Crippen molar-refractivity contribution < 1.29 is 18.9 Å². The predicted molar refractivity (Wildman–Crippen MR) is 91.3 cm³/mol. The molecule has 0 N–H and O–H groups in total. The lowest BCUT2D eigenvalue weighted by molar-refractivity contribution is -0.146. The highest BCUT2D eigenvalue weighted by Crippen LogP contribution is 2.56. The lowest BCUT2D eigenvalue weighted by Gasteiger charge is -2.22. The van der Waals surface area contributed by atoms with Gasteiger partial charge in [-0.2, -0.15) is 0 Å². The van der Waals surface area contributed by atoms with Crippen molar-refractivity contribution in [3.8, 4) is 0 Å². The van der Waals surface area contributed by atoms with Crippen molar-refractivity contribution in [3.05, 3.63) is 0 Å². The molecule has 24 heavy (non-hydrogen) atoms. The number of hydrogen-bond acceptors (Lipinski definition) is 4. The summed E-state index contributed by atoms with van der Waals surface area (Å²) in [5, 5.41) is 0. The van der Waals surface area contributed by atoms with Crippen molar-refractivity contribution in [3.63, 3.8) is 0 Å². The third-order valence-corrected chi connectivity index (χ3v) is 5.70. The van der Waals surface area contributed by atoms with Gasteiger partial charge in [-0.05, 0) is 24.1 Å². The van der Waals surface area contributed by atoms with E-state index in [0.717, 1.165) is 12.3 Å². The molecule has 3 rings (SSSR count). The van der Waals surface area contributed by atoms with E-state index in [4.69, 9.17) is 9.31 Å². The largest absolute Gasteiger partial charge is 0.461 e. The molecule has 0 radical (unpaired) electrons. The molecule has 0 aromatic rings. The zero-order valence-electron chi connectivity index (χ0n) is 15.2. The van der Waals surface area contributed by atoms with E-state index in [1.165, 1.54) is 41.9 Å². The van der Waals surface area contributed by atoms with Crippen LogP contribution in [0, 0.1) is 11.8 Å². The second-order valence-corrected chi connectivity index (χ2v) is 7.91. The average Bonchev–Trinajstić information content (AvgIpc) is 3.25. The summed E-state index contributed by atoms with van der Waals surface area (Å²) in [6.07, 6.45) is 6.04. The van der Waals surface area contributed by atoms with E-state index in [2.05, 4.69) is 0 Å². The van der Waals surface area contributed by atoms with Crippen LogP contribution in [0.3, 0.4) is 0 Å². The van der Waals surface area contributed by atoms with Crippen molar-refractivity contribution in [2.75, 3.05) is 28.2 Å². The molecule has 0 bridgehead atoms. The van der Waals surface area contributed by atoms with Crippen LogP contribution in [0.5, 0.6) is 0 Å². The summed E-state index contributed by atoms with van der Waals surface area (Å²) >= 11 is 0. The summed E-state index contributed by atoms with van der Waals surface area (Å²) in [7, 11) is 6.30. The maximum Gasteiger partial charge on any atom is 0.461 e. The van der Waals surface area contributed by atoms with Crippen LogP contribution in [-0.4, -0.2) is 69.1 Å². The van der Waals surface area contributed by atoms with Crippen LogP contribution < -0.4 is 0 Å². The number of amides is 2. The first-order valence-corrected chi connectivity index (χ1v) is 9.13. The van der Waals surface area contributed by atoms with Crippen LogP contribution in [-0.2, 0) is 18.9 Å². The molecule has 4 atom stereocenters. The van der Waals surface area contributed by atoms with Crippen LogP contribution in [0.2, 0.25) is 5.82 Å². The highest BCUT2D eigenvalue weighted by atomic mass is 16.7. The van der Waals surface area contributed by atoms with E-state index in [9.17, 15) is 9.59 Å². The molecule has 6 nitrogen and oxygen atoms in total. The molecule has 2 amide bonds. The fourth-order valence-corrected chi connectivity index (χ4v) is 4.20. The number of nitrogens with zero attached hydrogens (tertiary/aromatic N) is 2. The number of carbonyl (C=O) groups is 2. The van der Waals surface area contributed by atoms with Crippen LogP contribution in [0.25, 0.3) is 0 Å². The van der Waals surface area contributed by atoms with Crippen LogP contribution in [0.1, 0.15) is 38.5 Å². The maximum atomic E-state index is 12.4. The summed E-state index contributed by atoms with van der Waals surface area (Å²) in [5.41, 5.74) is 0. The number of carbonyl (C=O) groups excluding carboxylic acids is 2. The summed E-state index contributed by atoms with van der Waals surface area (Å²) in [6.45, 7) is 0. The zero-order valence-corrected chi connectivity index (χ0v) is 15.2. The number of hydrogen-bond donors (Lipinski definition) is 0. The topological polar surface area (TPSA) is 59.1 Å². The van der Waals surface area contributed by atoms with Gasteiger partial charge in [0.05, 0.1) is 0 Å². The average molecular weight is 336 g/mol. The van der Waals surface area contributed by atoms with Crippen molar-refractivity contribution in [2.24, 2.45) is 11.8 Å². The third kappa shape index (κ3) is 3.47. The molecule has 0 aromatic carbocycles. The van der Waals surface area contributed by atoms with Crippen molar-refractivity contribution in [2.45, 2.75) is 56.6 Å². The summed E-state index contributed by atoms with van der Waals surface area (Å²) in [4.78, 5) is 27.7. The Morgan fingerprint density at radius 2 is 1.38 bits per heavy atom. The highest BCUT2D eigenvalue weighted by Gasteiger charge is 2.59. The minimum Gasteiger partial charge on any atom is -0.396 e. The molecule has 1 aliphatic heterocycles. The second kappa shape index (κ2) is 7.04. The third-order valence-electron chi connectivity index (χ3n) is 5.70. The second-order valence-electron chi connectivity index (χ2n) is 7.91. The van der Waals surface area contributed by atoms with Gasteiger partial charge in [-0.25, -0.2) is 0 Å². The molecule has 7 heteroatoms. The molecule has 2 saturated carbocycles. The summed E-state index contributed by atoms with van der Waals surface area (Å²) in [5.74, 6) is 1.34. The first-order chi connectivity index (χ1) is 11.4. The van der Waals surface area contributed by atoms with E-state index < -0.39 is 19.3 Å². The Kier molecular flexibility index (Phi) is 5.20. The zero-order chi connectivity index (χ0) is 17.4. The van der Waals surface area contributed by atoms with Gasteiger partial charge in [0.15, 0.2) is 12.2 Å². The highest BCUT2D eigenvalue weighted by molar-refractivity contribution is 6.49. The van der Waals surface area contributed by atoms with Crippen molar-refractivity contribution >= 4 is 18.9 Å². The van der Waals surface area contributed by atoms with E-state index in [1.54, 1.807) is 28.2 Å². The number of likely N-dealkylation sites (N-methyl/N-ethyl adjacent to an activating group) is 2. The van der Waals surface area contributed by atoms with Gasteiger partial charge in [0.25, 0.3) is 11.8 Å². The molecule has 134 valence electrons. The predicted octanol–water partition coefficient (Wildman–Crippen LogP) is 1.41. The standard InChI is InChI=1S/C17H29BN2O4/c1-19(2)16(21)14-15(17(22)20(3)4)24-18(23-14)13-10-12(13)11-8-6-5-7-9-11/h11-15H,5-10H2,1-4H3/t12-,13-,14+,15+/m0/s1. The minimum atomic E-state index is -0.826. The van der Waals surface area contributed by atoms with E-state index in [-0.39, 0.29) is 11.8 Å². The van der Waals surface area contributed by atoms with Crippen molar-refractivity contribution in [1.82, 2.24) is 9.80 Å². The van der Waals surface area contributed by atoms with Gasteiger partial charge < -0.3 is 19.1 Å². The van der Waals surface area contributed by atoms with Crippen LogP contribution in [0.15, 0.2) is 0 Å². The molecule has 3 fully saturated rings. The van der Waals surface area contributed by atoms with Gasteiger partial charge in [0.2, 0.25) is 0 Å². The summed E-state index contributed by atoms with van der Waals surface area (Å²) < 4.78 is 11.9. The Hall–Kier alpha value is -1.08. The first-order valence-electron chi connectivity index (χ1n) is 9.13. The van der Waals surface area contributed by atoms with Gasteiger partial charge >= 0.3 is 7.12 Å². The van der Waals surface area contributed by atoms with Gasteiger partial charge in [-0.3, -0.25) is 9.59 Å². The van der Waals surface area contributed by atoms with Gasteiger partial charge in [0.1, 0.15) is 0 Å². The Bertz CT molecular complexity index is 465. The molecule has 3 aliphatic rings. The number of rotatable bonds is 4. The molecule has 0 aromatic heterocycles. The summed E-state index contributed by atoms with van der Waals surface area (Å²) in [6, 6.07) is 0. The molecule has 1 heterocycles. The minimum absolute atomic E-state index is 0.201. The normalized spacial score (nSPS) is 33.4. The van der Waals surface area contributed by atoms with Gasteiger partial charge in [0, 0.05) is 28.2 Å². The lowest BCUT2D eigenvalue weighted by Crippen LogP contribution is -2.47. The quantitative estimate of drug-likeness (QED) is 0.729. The molecule has 0 unspecified atom stereocenters. The molecule has 2 aliphatic carbocycles. The smallest absolute Gasteiger partial charge is 0.396 e. The molecule has 1 saturated heterocycles. The van der Waals surface area contributed by atoms with Crippen LogP contribution >= 0.6 is 0 Å². The fraction of sp³-hybridized carbons (Fsp3) is 0.882. The Labute approximate surface area is 145 Å². The maximum absolute atomic E-state index is 12.4. The Balaban J connectivity index is 1.66.